The minimum Gasteiger partial charge on any atom is -0.480 e. The van der Waals surface area contributed by atoms with E-state index in [1.807, 2.05) is 0 Å². The zero-order valence-corrected chi connectivity index (χ0v) is 16.6. The first-order chi connectivity index (χ1) is 12.6. The maximum atomic E-state index is 11.3. The number of hydrogen-bond donors (Lipinski definition) is 3. The Morgan fingerprint density at radius 2 is 1.27 bits per heavy atom. The fourth-order valence-corrected chi connectivity index (χ4v) is 2.79. The van der Waals surface area contributed by atoms with Crippen molar-refractivity contribution in [2.24, 2.45) is 5.73 Å². The number of nitrogens with two attached hydrogens (primary N) is 1. The molecule has 0 rings (SSSR count). The average Bonchev–Trinajstić information content (AvgIpc) is 2.62. The van der Waals surface area contributed by atoms with E-state index in [0.29, 0.717) is 6.61 Å². The molecule has 0 aliphatic rings. The Balaban J connectivity index is 3.19. The summed E-state index contributed by atoms with van der Waals surface area (Å²) >= 11 is 0. The fraction of sp³-hybridized carbons (Fsp3) is 0.900. The second-order valence-electron chi connectivity index (χ2n) is 7.06. The van der Waals surface area contributed by atoms with E-state index >= 15 is 0 Å². The van der Waals surface area contributed by atoms with Crippen molar-refractivity contribution in [3.8, 4) is 0 Å². The number of carboxylic acid groups (broad SMARTS) is 1. The summed E-state index contributed by atoms with van der Waals surface area (Å²) in [5.41, 5.74) is 5.28. The van der Waals surface area contributed by atoms with Gasteiger partial charge in [0.25, 0.3) is 0 Å². The first-order valence-electron chi connectivity index (χ1n) is 10.5. The molecule has 26 heavy (non-hydrogen) atoms. The Morgan fingerprint density at radius 3 is 1.69 bits per heavy atom. The van der Waals surface area contributed by atoms with Crippen molar-refractivity contribution in [1.82, 2.24) is 5.32 Å². The van der Waals surface area contributed by atoms with Gasteiger partial charge >= 0.3 is 12.1 Å². The van der Waals surface area contributed by atoms with E-state index in [1.54, 1.807) is 0 Å². The van der Waals surface area contributed by atoms with Crippen molar-refractivity contribution in [1.29, 1.82) is 0 Å². The Labute approximate surface area is 159 Å². The quantitative estimate of drug-likeness (QED) is 0.305. The average molecular weight is 373 g/mol. The molecule has 1 atom stereocenters. The van der Waals surface area contributed by atoms with Gasteiger partial charge < -0.3 is 20.9 Å². The standard InChI is InChI=1S/C20H40N2O4/c1-2-3-4-5-6-7-8-9-10-11-12-13-14-15-16-26-20(25)22-17-18(21)19(23)24/h18H,2-17,21H2,1H3,(H,22,25)(H,23,24)/t18-/m0/s1. The summed E-state index contributed by atoms with van der Waals surface area (Å²) in [6.45, 7) is 2.50. The zero-order valence-electron chi connectivity index (χ0n) is 16.6. The second kappa shape index (κ2) is 18.5. The number of rotatable bonds is 18. The van der Waals surface area contributed by atoms with Crippen LogP contribution in [0.1, 0.15) is 96.8 Å². The van der Waals surface area contributed by atoms with Crippen LogP contribution in [0.3, 0.4) is 0 Å². The van der Waals surface area contributed by atoms with E-state index in [4.69, 9.17) is 15.6 Å². The lowest BCUT2D eigenvalue weighted by Gasteiger charge is -2.09. The summed E-state index contributed by atoms with van der Waals surface area (Å²) in [6, 6.07) is -1.09. The van der Waals surface area contributed by atoms with Crippen molar-refractivity contribution in [2.75, 3.05) is 13.2 Å². The summed E-state index contributed by atoms with van der Waals surface area (Å²) in [5, 5.41) is 10.9. The molecule has 1 amide bonds. The fourth-order valence-electron chi connectivity index (χ4n) is 2.79. The van der Waals surface area contributed by atoms with Crippen molar-refractivity contribution in [2.45, 2.75) is 103 Å². The molecule has 6 nitrogen and oxygen atoms in total. The van der Waals surface area contributed by atoms with Crippen molar-refractivity contribution < 1.29 is 19.4 Å². The van der Waals surface area contributed by atoms with Crippen LogP contribution in [0, 0.1) is 0 Å². The topological polar surface area (TPSA) is 102 Å². The molecule has 0 radical (unpaired) electrons. The van der Waals surface area contributed by atoms with Gasteiger partial charge in [0.15, 0.2) is 0 Å². The molecule has 0 aromatic carbocycles. The molecule has 0 aliphatic heterocycles. The number of nitrogens with one attached hydrogen (secondary N) is 1. The highest BCUT2D eigenvalue weighted by molar-refractivity contribution is 5.75. The van der Waals surface area contributed by atoms with Gasteiger partial charge in [-0.3, -0.25) is 4.79 Å². The lowest BCUT2D eigenvalue weighted by atomic mass is 10.0. The summed E-state index contributed by atoms with van der Waals surface area (Å²) in [5.74, 6) is -1.14. The van der Waals surface area contributed by atoms with Gasteiger partial charge in [0.2, 0.25) is 0 Å². The number of carbonyl (C=O) groups excluding carboxylic acids is 1. The van der Waals surface area contributed by atoms with E-state index < -0.39 is 18.1 Å². The Bertz CT molecular complexity index is 351. The van der Waals surface area contributed by atoms with E-state index in [-0.39, 0.29) is 6.54 Å². The Morgan fingerprint density at radius 1 is 0.846 bits per heavy atom. The number of ether oxygens (including phenoxy) is 1. The minimum absolute atomic E-state index is 0.118. The van der Waals surface area contributed by atoms with E-state index in [0.717, 1.165) is 12.8 Å². The van der Waals surface area contributed by atoms with E-state index in [9.17, 15) is 9.59 Å². The molecule has 154 valence electrons. The summed E-state index contributed by atoms with van der Waals surface area (Å²) in [7, 11) is 0. The highest BCUT2D eigenvalue weighted by Gasteiger charge is 2.12. The minimum atomic E-state index is -1.14. The Hall–Kier alpha value is -1.30. The van der Waals surface area contributed by atoms with Crippen molar-refractivity contribution >= 4 is 12.1 Å². The number of aliphatic carboxylic acids is 1. The molecule has 0 heterocycles. The molecule has 0 aromatic heterocycles. The molecule has 0 saturated carbocycles. The Kier molecular flexibility index (Phi) is 17.6. The third kappa shape index (κ3) is 17.5. The van der Waals surface area contributed by atoms with Crippen LogP contribution in [0.15, 0.2) is 0 Å². The van der Waals surface area contributed by atoms with Crippen LogP contribution in [-0.4, -0.2) is 36.4 Å². The van der Waals surface area contributed by atoms with E-state index in [1.165, 1.54) is 77.0 Å². The van der Waals surface area contributed by atoms with Crippen molar-refractivity contribution in [3.05, 3.63) is 0 Å². The molecule has 0 fully saturated rings. The number of amides is 1. The SMILES string of the molecule is CCCCCCCCCCCCCCCCOC(=O)NC[C@H](N)C(=O)O. The zero-order chi connectivity index (χ0) is 19.5. The summed E-state index contributed by atoms with van der Waals surface area (Å²) in [6.07, 6.45) is 17.4. The van der Waals surface area contributed by atoms with Crippen LogP contribution in [0.25, 0.3) is 0 Å². The third-order valence-corrected chi connectivity index (χ3v) is 4.51. The predicted molar refractivity (Wildman–Crippen MR) is 105 cm³/mol. The first-order valence-corrected chi connectivity index (χ1v) is 10.5. The molecule has 0 unspecified atom stereocenters. The van der Waals surface area contributed by atoms with Gasteiger partial charge in [0.1, 0.15) is 6.04 Å². The molecule has 0 bridgehead atoms. The van der Waals surface area contributed by atoms with E-state index in [2.05, 4.69) is 12.2 Å². The van der Waals surface area contributed by atoms with Gasteiger partial charge in [0.05, 0.1) is 6.61 Å². The second-order valence-corrected chi connectivity index (χ2v) is 7.06. The van der Waals surface area contributed by atoms with Crippen LogP contribution in [-0.2, 0) is 9.53 Å². The monoisotopic (exact) mass is 372 g/mol. The summed E-state index contributed by atoms with van der Waals surface area (Å²) in [4.78, 5) is 21.8. The lowest BCUT2D eigenvalue weighted by molar-refractivity contribution is -0.138. The van der Waals surface area contributed by atoms with Gasteiger partial charge in [0, 0.05) is 6.54 Å². The van der Waals surface area contributed by atoms with Gasteiger partial charge in [-0.2, -0.15) is 0 Å². The molecule has 0 aromatic rings. The predicted octanol–water partition coefficient (Wildman–Crippen LogP) is 4.61. The van der Waals surface area contributed by atoms with Crippen LogP contribution >= 0.6 is 0 Å². The van der Waals surface area contributed by atoms with Gasteiger partial charge in [-0.05, 0) is 6.42 Å². The lowest BCUT2D eigenvalue weighted by Crippen LogP contribution is -2.42. The highest BCUT2D eigenvalue weighted by Crippen LogP contribution is 2.12. The van der Waals surface area contributed by atoms with Crippen molar-refractivity contribution in [3.63, 3.8) is 0 Å². The number of alkyl carbamates (subject to hydrolysis) is 1. The number of hydrogen-bond acceptors (Lipinski definition) is 4. The molecule has 6 heteroatoms. The maximum Gasteiger partial charge on any atom is 0.407 e. The molecular weight excluding hydrogens is 332 g/mol. The van der Waals surface area contributed by atoms with Crippen LogP contribution in [0.5, 0.6) is 0 Å². The number of carbonyl (C=O) groups is 2. The molecule has 0 spiro atoms. The highest BCUT2D eigenvalue weighted by atomic mass is 16.5. The molecule has 4 N–H and O–H groups in total. The van der Waals surface area contributed by atoms with Crippen LogP contribution in [0.4, 0.5) is 4.79 Å². The third-order valence-electron chi connectivity index (χ3n) is 4.51. The van der Waals surface area contributed by atoms with Gasteiger partial charge in [-0.1, -0.05) is 90.4 Å². The van der Waals surface area contributed by atoms with Gasteiger partial charge in [-0.25, -0.2) is 4.79 Å². The number of carboxylic acids is 1. The van der Waals surface area contributed by atoms with Gasteiger partial charge in [-0.15, -0.1) is 0 Å². The largest absolute Gasteiger partial charge is 0.480 e. The number of unbranched alkanes of at least 4 members (excludes halogenated alkanes) is 13. The summed E-state index contributed by atoms with van der Waals surface area (Å²) < 4.78 is 4.98. The molecule has 0 aliphatic carbocycles. The normalized spacial score (nSPS) is 11.9. The molecular formula is C20H40N2O4. The molecule has 0 saturated heterocycles. The van der Waals surface area contributed by atoms with Crippen LogP contribution in [0.2, 0.25) is 0 Å². The smallest absolute Gasteiger partial charge is 0.407 e. The first kappa shape index (κ1) is 24.7. The van der Waals surface area contributed by atoms with Crippen LogP contribution < -0.4 is 11.1 Å². The maximum absolute atomic E-state index is 11.3.